The maximum Gasteiger partial charge on any atom is 0.371 e. The average Bonchev–Trinajstić information content (AvgIpc) is 2.82. The van der Waals surface area contributed by atoms with Gasteiger partial charge in [-0.1, -0.05) is 6.07 Å². The van der Waals surface area contributed by atoms with Crippen LogP contribution in [0.2, 0.25) is 0 Å². The molecular formula is C15H17NO4. The van der Waals surface area contributed by atoms with Crippen molar-refractivity contribution in [1.29, 1.82) is 0 Å². The molecule has 1 aliphatic rings. The van der Waals surface area contributed by atoms with Gasteiger partial charge in [0, 0.05) is 25.0 Å². The van der Waals surface area contributed by atoms with Crippen LogP contribution in [0.4, 0.5) is 0 Å². The number of fused-ring (bicyclic) bond motifs is 1. The fourth-order valence-electron chi connectivity index (χ4n) is 2.59. The van der Waals surface area contributed by atoms with E-state index in [9.17, 15) is 4.79 Å². The number of furan rings is 1. The van der Waals surface area contributed by atoms with Gasteiger partial charge in [0.05, 0.1) is 12.7 Å². The van der Waals surface area contributed by atoms with Crippen LogP contribution in [0, 0.1) is 0 Å². The summed E-state index contributed by atoms with van der Waals surface area (Å²) in [6, 6.07) is 7.38. The second-order valence-corrected chi connectivity index (χ2v) is 5.20. The fraction of sp³-hybridized carbons (Fsp3) is 0.400. The van der Waals surface area contributed by atoms with E-state index in [1.54, 1.807) is 6.07 Å². The lowest BCUT2D eigenvalue weighted by Crippen LogP contribution is -2.40. The van der Waals surface area contributed by atoms with Gasteiger partial charge >= 0.3 is 5.97 Å². The molecule has 0 bridgehead atoms. The molecule has 2 heterocycles. The van der Waals surface area contributed by atoms with E-state index in [0.717, 1.165) is 37.2 Å². The molecule has 20 heavy (non-hydrogen) atoms. The number of carboxylic acids is 1. The molecule has 1 unspecified atom stereocenters. The molecule has 1 fully saturated rings. The van der Waals surface area contributed by atoms with Crippen LogP contribution in [0.3, 0.4) is 0 Å². The third-order valence-corrected chi connectivity index (χ3v) is 3.52. The molecule has 1 N–H and O–H groups in total. The Kier molecular flexibility index (Phi) is 3.46. The van der Waals surface area contributed by atoms with E-state index in [1.165, 1.54) is 0 Å². The summed E-state index contributed by atoms with van der Waals surface area (Å²) in [6.07, 6.45) is 0.264. The van der Waals surface area contributed by atoms with Gasteiger partial charge in [-0.3, -0.25) is 4.90 Å². The maximum absolute atomic E-state index is 10.9. The summed E-state index contributed by atoms with van der Waals surface area (Å²) in [5.41, 5.74) is 1.77. The Labute approximate surface area is 116 Å². The molecule has 0 amide bonds. The Hall–Kier alpha value is -1.85. The summed E-state index contributed by atoms with van der Waals surface area (Å²) in [6.45, 7) is 5.53. The van der Waals surface area contributed by atoms with Gasteiger partial charge in [-0.15, -0.1) is 0 Å². The quantitative estimate of drug-likeness (QED) is 0.931. The molecule has 0 radical (unpaired) electrons. The zero-order chi connectivity index (χ0) is 14.1. The van der Waals surface area contributed by atoms with Crippen LogP contribution in [0.15, 0.2) is 28.7 Å². The van der Waals surface area contributed by atoms with Gasteiger partial charge < -0.3 is 14.3 Å². The molecule has 5 nitrogen and oxygen atoms in total. The normalized spacial score (nSPS) is 20.4. The van der Waals surface area contributed by atoms with Crippen LogP contribution in [0.1, 0.15) is 23.0 Å². The van der Waals surface area contributed by atoms with Crippen molar-refractivity contribution in [1.82, 2.24) is 4.90 Å². The van der Waals surface area contributed by atoms with E-state index in [-0.39, 0.29) is 11.9 Å². The Morgan fingerprint density at radius 1 is 1.45 bits per heavy atom. The van der Waals surface area contributed by atoms with Crippen LogP contribution < -0.4 is 0 Å². The predicted molar refractivity (Wildman–Crippen MR) is 73.9 cm³/mol. The topological polar surface area (TPSA) is 62.9 Å². The summed E-state index contributed by atoms with van der Waals surface area (Å²) >= 11 is 0. The van der Waals surface area contributed by atoms with Crippen molar-refractivity contribution in [2.45, 2.75) is 19.6 Å². The van der Waals surface area contributed by atoms with E-state index in [1.807, 2.05) is 18.2 Å². The SMILES string of the molecule is CC1CN(Cc2ccc3oc(C(=O)O)cc3c2)CCO1. The van der Waals surface area contributed by atoms with E-state index in [4.69, 9.17) is 14.3 Å². The van der Waals surface area contributed by atoms with Crippen LogP contribution in [-0.2, 0) is 11.3 Å². The number of aromatic carboxylic acids is 1. The first kappa shape index (κ1) is 13.1. The number of nitrogens with zero attached hydrogens (tertiary/aromatic N) is 1. The molecule has 1 atom stereocenters. The first-order valence-electron chi connectivity index (χ1n) is 6.71. The molecule has 0 spiro atoms. The van der Waals surface area contributed by atoms with Gasteiger partial charge in [-0.2, -0.15) is 0 Å². The molecule has 1 aromatic heterocycles. The lowest BCUT2D eigenvalue weighted by Gasteiger charge is -2.31. The first-order valence-corrected chi connectivity index (χ1v) is 6.71. The molecule has 1 aromatic carbocycles. The van der Waals surface area contributed by atoms with Gasteiger partial charge in [0.2, 0.25) is 5.76 Å². The Balaban J connectivity index is 1.79. The second-order valence-electron chi connectivity index (χ2n) is 5.20. The maximum atomic E-state index is 10.9. The largest absolute Gasteiger partial charge is 0.475 e. The van der Waals surface area contributed by atoms with Crippen molar-refractivity contribution in [3.05, 3.63) is 35.6 Å². The Morgan fingerprint density at radius 3 is 3.05 bits per heavy atom. The molecule has 1 saturated heterocycles. The molecule has 5 heteroatoms. The summed E-state index contributed by atoms with van der Waals surface area (Å²) in [5, 5.41) is 9.76. The van der Waals surface area contributed by atoms with Crippen molar-refractivity contribution in [2.24, 2.45) is 0 Å². The number of hydrogen-bond acceptors (Lipinski definition) is 4. The third kappa shape index (κ3) is 2.69. The minimum Gasteiger partial charge on any atom is -0.475 e. The molecule has 0 aliphatic carbocycles. The Bertz CT molecular complexity index is 634. The number of carboxylic acid groups (broad SMARTS) is 1. The van der Waals surface area contributed by atoms with Crippen LogP contribution in [-0.4, -0.2) is 41.8 Å². The number of ether oxygens (including phenoxy) is 1. The number of hydrogen-bond donors (Lipinski definition) is 1. The third-order valence-electron chi connectivity index (χ3n) is 3.52. The van der Waals surface area contributed by atoms with Crippen LogP contribution >= 0.6 is 0 Å². The molecule has 106 valence electrons. The van der Waals surface area contributed by atoms with Crippen molar-refractivity contribution in [2.75, 3.05) is 19.7 Å². The van der Waals surface area contributed by atoms with Crippen molar-refractivity contribution in [3.63, 3.8) is 0 Å². The summed E-state index contributed by atoms with van der Waals surface area (Å²) in [5.74, 6) is -1.05. The van der Waals surface area contributed by atoms with E-state index in [0.29, 0.717) is 5.58 Å². The minimum absolute atomic E-state index is 0.0165. The van der Waals surface area contributed by atoms with Gasteiger partial charge in [0.25, 0.3) is 0 Å². The van der Waals surface area contributed by atoms with Gasteiger partial charge in [0.15, 0.2) is 0 Å². The minimum atomic E-state index is -1.04. The van der Waals surface area contributed by atoms with Gasteiger partial charge in [-0.05, 0) is 30.7 Å². The zero-order valence-corrected chi connectivity index (χ0v) is 11.3. The predicted octanol–water partition coefficient (Wildman–Crippen LogP) is 2.35. The highest BCUT2D eigenvalue weighted by molar-refractivity contribution is 5.91. The standard InChI is InChI=1S/C15H17NO4/c1-10-8-16(4-5-19-10)9-11-2-3-13-12(6-11)7-14(20-13)15(17)18/h2-3,6-7,10H,4-5,8-9H2,1H3,(H,17,18). The molecule has 3 rings (SSSR count). The second kappa shape index (κ2) is 5.26. The summed E-state index contributed by atoms with van der Waals surface area (Å²) in [7, 11) is 0. The van der Waals surface area contributed by atoms with Crippen LogP contribution in [0.25, 0.3) is 11.0 Å². The van der Waals surface area contributed by atoms with E-state index in [2.05, 4.69) is 11.8 Å². The highest BCUT2D eigenvalue weighted by Crippen LogP contribution is 2.22. The smallest absolute Gasteiger partial charge is 0.371 e. The van der Waals surface area contributed by atoms with Crippen LogP contribution in [0.5, 0.6) is 0 Å². The van der Waals surface area contributed by atoms with Crippen molar-refractivity contribution in [3.8, 4) is 0 Å². The van der Waals surface area contributed by atoms with E-state index >= 15 is 0 Å². The average molecular weight is 275 g/mol. The highest BCUT2D eigenvalue weighted by Gasteiger charge is 2.17. The van der Waals surface area contributed by atoms with Crippen molar-refractivity contribution >= 4 is 16.9 Å². The summed E-state index contributed by atoms with van der Waals surface area (Å²) < 4.78 is 10.8. The fourth-order valence-corrected chi connectivity index (χ4v) is 2.59. The van der Waals surface area contributed by atoms with Gasteiger partial charge in [-0.25, -0.2) is 4.79 Å². The number of rotatable bonds is 3. The Morgan fingerprint density at radius 2 is 2.30 bits per heavy atom. The molecule has 0 saturated carbocycles. The molecular weight excluding hydrogens is 258 g/mol. The lowest BCUT2D eigenvalue weighted by atomic mass is 10.1. The number of morpholine rings is 1. The highest BCUT2D eigenvalue weighted by atomic mass is 16.5. The number of carbonyl (C=O) groups is 1. The summed E-state index contributed by atoms with van der Waals surface area (Å²) in [4.78, 5) is 13.2. The van der Waals surface area contributed by atoms with Gasteiger partial charge in [0.1, 0.15) is 5.58 Å². The first-order chi connectivity index (χ1) is 9.61. The van der Waals surface area contributed by atoms with E-state index < -0.39 is 5.97 Å². The zero-order valence-electron chi connectivity index (χ0n) is 11.3. The molecule has 2 aromatic rings. The van der Waals surface area contributed by atoms with Crippen molar-refractivity contribution < 1.29 is 19.1 Å². The molecule has 1 aliphatic heterocycles. The number of benzene rings is 1. The lowest BCUT2D eigenvalue weighted by molar-refractivity contribution is -0.0211. The monoisotopic (exact) mass is 275 g/mol.